The van der Waals surface area contributed by atoms with E-state index < -0.39 is 25.2 Å². The molecule has 1 atom stereocenters. The number of esters is 1. The lowest BCUT2D eigenvalue weighted by Crippen LogP contribution is -2.09. The fraction of sp³-hybridized carbons (Fsp3) is 0.667. The lowest BCUT2D eigenvalue weighted by Gasteiger charge is -2.02. The zero-order valence-corrected chi connectivity index (χ0v) is 14.8. The van der Waals surface area contributed by atoms with Gasteiger partial charge in [0.15, 0.2) is 0 Å². The van der Waals surface area contributed by atoms with Crippen LogP contribution >= 0.6 is 0 Å². The number of unbranched alkanes of at least 4 members (excludes halogenated alkanes) is 5. The summed E-state index contributed by atoms with van der Waals surface area (Å²) in [5.74, 6) is -0.769. The van der Waals surface area contributed by atoms with E-state index in [4.69, 9.17) is 6.85 Å². The second-order valence-corrected chi connectivity index (χ2v) is 5.71. The van der Waals surface area contributed by atoms with Crippen LogP contribution in [0.15, 0.2) is 36.5 Å². The summed E-state index contributed by atoms with van der Waals surface area (Å²) in [6.45, 7) is -3.12. The van der Waals surface area contributed by atoms with Gasteiger partial charge >= 0.3 is 5.97 Å². The first kappa shape index (κ1) is 13.9. The van der Waals surface area contributed by atoms with Crippen molar-refractivity contribution in [2.24, 2.45) is 0 Å². The second kappa shape index (κ2) is 15.2. The smallest absolute Gasteiger partial charge is 0.305 e. The van der Waals surface area contributed by atoms with Crippen molar-refractivity contribution in [3.63, 3.8) is 0 Å². The highest BCUT2D eigenvalue weighted by Gasteiger charge is 2.23. The summed E-state index contributed by atoms with van der Waals surface area (Å²) in [6.07, 6.45) is 19.3. The molecule has 24 heavy (non-hydrogen) atoms. The minimum atomic E-state index is -2.80. The Bertz CT molecular complexity index is 587. The van der Waals surface area contributed by atoms with Gasteiger partial charge in [-0.05, 0) is 38.5 Å². The Morgan fingerprint density at radius 1 is 1.12 bits per heavy atom. The molecule has 136 valence electrons. The second-order valence-electron chi connectivity index (χ2n) is 5.71. The Hall–Kier alpha value is -1.35. The van der Waals surface area contributed by atoms with E-state index in [9.17, 15) is 4.79 Å². The molecule has 1 aliphatic heterocycles. The lowest BCUT2D eigenvalue weighted by atomic mass is 10.1. The van der Waals surface area contributed by atoms with Crippen LogP contribution < -0.4 is 0 Å². The molecule has 0 spiro atoms. The molecule has 0 aliphatic carbocycles. The van der Waals surface area contributed by atoms with Crippen molar-refractivity contribution >= 4 is 5.97 Å². The fourth-order valence-electron chi connectivity index (χ4n) is 2.11. The van der Waals surface area contributed by atoms with Gasteiger partial charge in [0.05, 0.1) is 13.4 Å². The van der Waals surface area contributed by atoms with E-state index in [0.717, 1.165) is 51.4 Å². The van der Waals surface area contributed by atoms with Crippen molar-refractivity contribution in [1.82, 2.24) is 0 Å². The summed E-state index contributed by atoms with van der Waals surface area (Å²) >= 11 is 0. The van der Waals surface area contributed by atoms with Crippen molar-refractivity contribution < 1.29 is 21.1 Å². The molecular weight excluding hydrogens is 300 g/mol. The normalized spacial score (nSPS) is 26.1. The molecule has 3 heteroatoms. The minimum absolute atomic E-state index is 0.0538. The van der Waals surface area contributed by atoms with Gasteiger partial charge in [0.2, 0.25) is 0 Å². The summed E-state index contributed by atoms with van der Waals surface area (Å²) in [4.78, 5) is 11.7. The molecule has 0 bridgehead atoms. The number of hydrogen-bond donors (Lipinski definition) is 0. The van der Waals surface area contributed by atoms with Crippen molar-refractivity contribution in [2.75, 3.05) is 13.1 Å². The number of ether oxygens (including phenoxy) is 2. The van der Waals surface area contributed by atoms with Crippen molar-refractivity contribution in [3.05, 3.63) is 36.5 Å². The molecule has 1 saturated heterocycles. The monoisotopic (exact) mass is 339 g/mol. The van der Waals surface area contributed by atoms with Gasteiger partial charge in [-0.2, -0.15) is 0 Å². The molecule has 1 rings (SSSR count). The van der Waals surface area contributed by atoms with Gasteiger partial charge in [0, 0.05) is 6.42 Å². The van der Waals surface area contributed by atoms with Crippen molar-refractivity contribution in [2.45, 2.75) is 77.2 Å². The van der Waals surface area contributed by atoms with Crippen LogP contribution in [0.3, 0.4) is 0 Å². The molecule has 0 saturated carbocycles. The highest BCUT2D eigenvalue weighted by atomic mass is 16.6. The average molecular weight is 340 g/mol. The Balaban J connectivity index is 2.00. The van der Waals surface area contributed by atoms with E-state index in [2.05, 4.69) is 52.9 Å². The number of hydrogen-bond acceptors (Lipinski definition) is 3. The highest BCUT2D eigenvalue weighted by molar-refractivity contribution is 5.69. The van der Waals surface area contributed by atoms with Crippen LogP contribution in [-0.4, -0.2) is 25.2 Å². The molecule has 0 amide bonds. The largest absolute Gasteiger partial charge is 0.463 e. The van der Waals surface area contributed by atoms with Crippen LogP contribution in [0.4, 0.5) is 0 Å². The minimum Gasteiger partial charge on any atom is -0.463 e. The van der Waals surface area contributed by atoms with E-state index >= 15 is 0 Å². The van der Waals surface area contributed by atoms with Crippen LogP contribution in [0.5, 0.6) is 0 Å². The molecular formula is C21H34O3. The van der Waals surface area contributed by atoms with Gasteiger partial charge in [0.25, 0.3) is 0 Å². The van der Waals surface area contributed by atoms with Gasteiger partial charge in [-0.25, -0.2) is 0 Å². The summed E-state index contributed by atoms with van der Waals surface area (Å²) < 4.78 is 46.3. The predicted octanol–water partition coefficient (Wildman–Crippen LogP) is 5.52. The third-order valence-corrected chi connectivity index (χ3v) is 3.49. The lowest BCUT2D eigenvalue weighted by molar-refractivity contribution is -0.144. The van der Waals surface area contributed by atoms with Crippen molar-refractivity contribution in [3.8, 4) is 0 Å². The molecule has 0 N–H and O–H groups in total. The number of allylic oxidation sites excluding steroid dienone is 6. The summed E-state index contributed by atoms with van der Waals surface area (Å²) in [5, 5.41) is 0. The quantitative estimate of drug-likeness (QED) is 0.171. The number of carbonyl (C=O) groups excluding carboxylic acids is 1. The van der Waals surface area contributed by atoms with E-state index in [0.29, 0.717) is 6.42 Å². The van der Waals surface area contributed by atoms with E-state index in [1.54, 1.807) is 0 Å². The van der Waals surface area contributed by atoms with Gasteiger partial charge in [-0.1, -0.05) is 62.6 Å². The average Bonchev–Trinajstić information content (AvgIpc) is 3.18. The van der Waals surface area contributed by atoms with Gasteiger partial charge in [-0.3, -0.25) is 4.79 Å². The number of carbonyl (C=O) groups is 1. The first-order valence-electron chi connectivity index (χ1n) is 11.5. The van der Waals surface area contributed by atoms with Crippen LogP contribution in [-0.2, 0) is 14.3 Å². The molecule has 1 aliphatic rings. The molecule has 0 radical (unpaired) electrons. The van der Waals surface area contributed by atoms with Crippen LogP contribution in [0, 0.1) is 0 Å². The summed E-state index contributed by atoms with van der Waals surface area (Å²) in [5.41, 5.74) is 0. The van der Waals surface area contributed by atoms with E-state index in [1.165, 1.54) is 0 Å². The van der Waals surface area contributed by atoms with Gasteiger partial charge in [-0.15, -0.1) is 0 Å². The summed E-state index contributed by atoms with van der Waals surface area (Å²) in [6, 6.07) is 0. The molecule has 1 fully saturated rings. The zero-order chi connectivity index (χ0) is 21.8. The number of epoxide rings is 1. The maximum Gasteiger partial charge on any atom is 0.305 e. The van der Waals surface area contributed by atoms with Gasteiger partial charge < -0.3 is 9.47 Å². The van der Waals surface area contributed by atoms with Crippen LogP contribution in [0.2, 0.25) is 0 Å². The SMILES string of the molecule is [2H]C([2H])(OC(=O)CCCCCCC/C=C\C/C=C\C/C=C\CC)C1([2H])OC1([2H])[2H]. The molecule has 0 aromatic rings. The zero-order valence-electron chi connectivity index (χ0n) is 19.8. The number of rotatable bonds is 15. The maximum atomic E-state index is 11.7. The Kier molecular flexibility index (Phi) is 8.79. The van der Waals surface area contributed by atoms with Gasteiger partial charge in [0.1, 0.15) is 12.6 Å². The van der Waals surface area contributed by atoms with Crippen molar-refractivity contribution in [1.29, 1.82) is 0 Å². The fourth-order valence-corrected chi connectivity index (χ4v) is 2.11. The first-order chi connectivity index (χ1) is 13.7. The molecule has 3 nitrogen and oxygen atoms in total. The predicted molar refractivity (Wildman–Crippen MR) is 100.0 cm³/mol. The molecule has 1 heterocycles. The molecule has 0 aromatic carbocycles. The first-order valence-corrected chi connectivity index (χ1v) is 9.03. The third-order valence-electron chi connectivity index (χ3n) is 3.49. The van der Waals surface area contributed by atoms with Crippen LogP contribution in [0.25, 0.3) is 0 Å². The topological polar surface area (TPSA) is 38.8 Å². The Labute approximate surface area is 154 Å². The van der Waals surface area contributed by atoms with E-state index in [-0.39, 0.29) is 6.42 Å². The molecule has 0 aromatic heterocycles. The third kappa shape index (κ3) is 14.3. The maximum absolute atomic E-state index is 11.7. The Morgan fingerprint density at radius 2 is 1.75 bits per heavy atom. The standard InChI is InChI=1S/C21H34O3/c1-2-3-4-5-6-7-8-9-10-11-12-13-14-15-16-17-21(22)24-19-20-18-23-20/h3-4,6-7,9-10,20H,2,5,8,11-19H2,1H3/b4-3-,7-6-,10-9-/i18D2,19D2,20D. The summed E-state index contributed by atoms with van der Waals surface area (Å²) in [7, 11) is 0. The van der Waals surface area contributed by atoms with Crippen LogP contribution in [0.1, 0.15) is 78.0 Å². The Morgan fingerprint density at radius 3 is 2.46 bits per heavy atom. The van der Waals surface area contributed by atoms with E-state index in [1.807, 2.05) is 0 Å². The molecule has 1 unspecified atom stereocenters. The highest BCUT2D eigenvalue weighted by Crippen LogP contribution is 2.11.